The zero-order valence-electron chi connectivity index (χ0n) is 11.3. The molecule has 0 saturated carbocycles. The van der Waals surface area contributed by atoms with Crippen molar-refractivity contribution in [1.29, 1.82) is 0 Å². The standard InChI is InChI=1S/C13H19NO4S/c1-4-13(3,5-2)14-19(17,18)11-8-6-7-10(9-11)12(15)16/h6-9,14H,4-5H2,1-3H3,(H,15,16). The van der Waals surface area contributed by atoms with Crippen molar-refractivity contribution in [2.24, 2.45) is 0 Å². The summed E-state index contributed by atoms with van der Waals surface area (Å²) >= 11 is 0. The summed E-state index contributed by atoms with van der Waals surface area (Å²) < 4.78 is 27.1. The Labute approximate surface area is 113 Å². The van der Waals surface area contributed by atoms with Crippen molar-refractivity contribution < 1.29 is 18.3 Å². The molecule has 6 heteroatoms. The summed E-state index contributed by atoms with van der Waals surface area (Å²) in [6.45, 7) is 5.63. The van der Waals surface area contributed by atoms with Gasteiger partial charge in [-0.15, -0.1) is 0 Å². The predicted octanol–water partition coefficient (Wildman–Crippen LogP) is 2.24. The SMILES string of the molecule is CCC(C)(CC)NS(=O)(=O)c1cccc(C(=O)O)c1. The highest BCUT2D eigenvalue weighted by molar-refractivity contribution is 7.89. The van der Waals surface area contributed by atoms with Gasteiger partial charge in [-0.05, 0) is 38.0 Å². The maximum atomic E-state index is 12.2. The van der Waals surface area contributed by atoms with Crippen LogP contribution in [0.4, 0.5) is 0 Å². The molecule has 5 nitrogen and oxygen atoms in total. The van der Waals surface area contributed by atoms with Gasteiger partial charge in [0.25, 0.3) is 0 Å². The molecule has 1 aromatic carbocycles. The highest BCUT2D eigenvalue weighted by Crippen LogP contribution is 2.19. The Morgan fingerprint density at radius 1 is 1.32 bits per heavy atom. The van der Waals surface area contributed by atoms with Crippen molar-refractivity contribution in [2.45, 2.75) is 44.0 Å². The van der Waals surface area contributed by atoms with Gasteiger partial charge in [-0.3, -0.25) is 0 Å². The molecule has 0 radical (unpaired) electrons. The van der Waals surface area contributed by atoms with E-state index in [9.17, 15) is 13.2 Å². The van der Waals surface area contributed by atoms with Crippen molar-refractivity contribution >= 4 is 16.0 Å². The largest absolute Gasteiger partial charge is 0.478 e. The van der Waals surface area contributed by atoms with Crippen LogP contribution in [0.15, 0.2) is 29.2 Å². The van der Waals surface area contributed by atoms with E-state index in [2.05, 4.69) is 4.72 Å². The summed E-state index contributed by atoms with van der Waals surface area (Å²) in [7, 11) is -3.71. The number of carboxylic acids is 1. The number of benzene rings is 1. The second kappa shape index (κ2) is 5.71. The molecule has 0 amide bonds. The number of sulfonamides is 1. The van der Waals surface area contributed by atoms with Gasteiger partial charge in [0.05, 0.1) is 10.5 Å². The van der Waals surface area contributed by atoms with E-state index in [-0.39, 0.29) is 10.5 Å². The van der Waals surface area contributed by atoms with Crippen LogP contribution < -0.4 is 4.72 Å². The minimum absolute atomic E-state index is 0.0273. The zero-order chi connectivity index (χ0) is 14.7. The zero-order valence-corrected chi connectivity index (χ0v) is 12.1. The second-order valence-corrected chi connectivity index (χ2v) is 6.39. The number of nitrogens with one attached hydrogen (secondary N) is 1. The van der Waals surface area contributed by atoms with Gasteiger partial charge < -0.3 is 5.11 Å². The van der Waals surface area contributed by atoms with E-state index in [1.165, 1.54) is 18.2 Å². The number of carbonyl (C=O) groups is 1. The fourth-order valence-corrected chi connectivity index (χ4v) is 3.17. The van der Waals surface area contributed by atoms with Gasteiger partial charge in [-0.1, -0.05) is 19.9 Å². The summed E-state index contributed by atoms with van der Waals surface area (Å²) in [4.78, 5) is 10.8. The molecule has 0 aromatic heterocycles. The van der Waals surface area contributed by atoms with Gasteiger partial charge in [0.2, 0.25) is 10.0 Å². The van der Waals surface area contributed by atoms with E-state index in [0.717, 1.165) is 6.07 Å². The highest BCUT2D eigenvalue weighted by atomic mass is 32.2. The molecule has 0 bridgehead atoms. The molecule has 1 rings (SSSR count). The predicted molar refractivity (Wildman–Crippen MR) is 72.7 cm³/mol. The Morgan fingerprint density at radius 2 is 1.89 bits per heavy atom. The number of hydrogen-bond donors (Lipinski definition) is 2. The van der Waals surface area contributed by atoms with Gasteiger partial charge in [0.1, 0.15) is 0 Å². The summed E-state index contributed by atoms with van der Waals surface area (Å²) in [5, 5.41) is 8.88. The van der Waals surface area contributed by atoms with Crippen molar-refractivity contribution in [2.75, 3.05) is 0 Å². The molecule has 19 heavy (non-hydrogen) atoms. The molecule has 0 heterocycles. The fraction of sp³-hybridized carbons (Fsp3) is 0.462. The molecule has 106 valence electrons. The van der Waals surface area contributed by atoms with Crippen LogP contribution in [-0.4, -0.2) is 25.0 Å². The van der Waals surface area contributed by atoms with E-state index in [4.69, 9.17) is 5.11 Å². The first-order valence-corrected chi connectivity index (χ1v) is 7.60. The minimum atomic E-state index is -3.71. The molecule has 0 aliphatic carbocycles. The summed E-state index contributed by atoms with van der Waals surface area (Å²) in [6.07, 6.45) is 1.31. The molecule has 2 N–H and O–H groups in total. The lowest BCUT2D eigenvalue weighted by Crippen LogP contribution is -2.44. The normalized spacial score (nSPS) is 12.4. The molecule has 0 fully saturated rings. The minimum Gasteiger partial charge on any atom is -0.478 e. The van der Waals surface area contributed by atoms with E-state index >= 15 is 0 Å². The highest BCUT2D eigenvalue weighted by Gasteiger charge is 2.27. The van der Waals surface area contributed by atoms with Crippen LogP contribution >= 0.6 is 0 Å². The van der Waals surface area contributed by atoms with E-state index in [0.29, 0.717) is 12.8 Å². The van der Waals surface area contributed by atoms with Crippen LogP contribution in [-0.2, 0) is 10.0 Å². The summed E-state index contributed by atoms with van der Waals surface area (Å²) in [5.74, 6) is -1.15. The fourth-order valence-electron chi connectivity index (χ4n) is 1.57. The first-order chi connectivity index (χ1) is 8.74. The molecule has 0 aliphatic rings. The second-order valence-electron chi connectivity index (χ2n) is 4.71. The van der Waals surface area contributed by atoms with Crippen molar-refractivity contribution in [3.8, 4) is 0 Å². The van der Waals surface area contributed by atoms with E-state index < -0.39 is 21.5 Å². The Morgan fingerprint density at radius 3 is 2.37 bits per heavy atom. The smallest absolute Gasteiger partial charge is 0.335 e. The molecular weight excluding hydrogens is 266 g/mol. The van der Waals surface area contributed by atoms with Crippen LogP contribution in [0.1, 0.15) is 44.0 Å². The molecule has 0 saturated heterocycles. The Balaban J connectivity index is 3.14. The van der Waals surface area contributed by atoms with Crippen LogP contribution in [0.5, 0.6) is 0 Å². The van der Waals surface area contributed by atoms with Crippen LogP contribution in [0.3, 0.4) is 0 Å². The maximum absolute atomic E-state index is 12.2. The topological polar surface area (TPSA) is 83.5 Å². The van der Waals surface area contributed by atoms with Gasteiger partial charge >= 0.3 is 5.97 Å². The van der Waals surface area contributed by atoms with Gasteiger partial charge in [-0.25, -0.2) is 17.9 Å². The number of rotatable bonds is 6. The van der Waals surface area contributed by atoms with Crippen LogP contribution in [0, 0.1) is 0 Å². The molecular formula is C13H19NO4S. The third kappa shape index (κ3) is 3.78. The molecule has 1 aromatic rings. The molecule has 0 aliphatic heterocycles. The first kappa shape index (κ1) is 15.7. The number of carboxylic acid groups (broad SMARTS) is 1. The molecule has 0 unspecified atom stereocenters. The molecule has 0 atom stereocenters. The average molecular weight is 285 g/mol. The Bertz CT molecular complexity index is 562. The number of aromatic carboxylic acids is 1. The first-order valence-electron chi connectivity index (χ1n) is 6.11. The lowest BCUT2D eigenvalue weighted by molar-refractivity contribution is 0.0696. The Kier molecular flexibility index (Phi) is 4.70. The van der Waals surface area contributed by atoms with Crippen molar-refractivity contribution in [3.63, 3.8) is 0 Å². The van der Waals surface area contributed by atoms with Gasteiger partial charge in [0, 0.05) is 5.54 Å². The summed E-state index contributed by atoms with van der Waals surface area (Å²) in [6, 6.07) is 5.34. The van der Waals surface area contributed by atoms with E-state index in [1.54, 1.807) is 0 Å². The van der Waals surface area contributed by atoms with Crippen LogP contribution in [0.25, 0.3) is 0 Å². The quantitative estimate of drug-likeness (QED) is 0.839. The molecule has 0 spiro atoms. The van der Waals surface area contributed by atoms with Crippen molar-refractivity contribution in [1.82, 2.24) is 4.72 Å². The summed E-state index contributed by atoms with van der Waals surface area (Å²) in [5.41, 5.74) is -0.574. The monoisotopic (exact) mass is 285 g/mol. The van der Waals surface area contributed by atoms with Gasteiger partial charge in [-0.2, -0.15) is 0 Å². The lowest BCUT2D eigenvalue weighted by Gasteiger charge is -2.27. The number of hydrogen-bond acceptors (Lipinski definition) is 3. The lowest BCUT2D eigenvalue weighted by atomic mass is 9.98. The average Bonchev–Trinajstić information content (AvgIpc) is 2.38. The third-order valence-electron chi connectivity index (χ3n) is 3.33. The van der Waals surface area contributed by atoms with Gasteiger partial charge in [0.15, 0.2) is 0 Å². The van der Waals surface area contributed by atoms with Crippen LogP contribution in [0.2, 0.25) is 0 Å². The van der Waals surface area contributed by atoms with E-state index in [1.807, 2.05) is 20.8 Å². The Hall–Kier alpha value is -1.40. The van der Waals surface area contributed by atoms with Crippen molar-refractivity contribution in [3.05, 3.63) is 29.8 Å². The third-order valence-corrected chi connectivity index (χ3v) is 4.97. The maximum Gasteiger partial charge on any atom is 0.335 e.